The van der Waals surface area contributed by atoms with Crippen molar-refractivity contribution < 1.29 is 9.84 Å². The normalized spacial score (nSPS) is 32.8. The van der Waals surface area contributed by atoms with Gasteiger partial charge in [0.1, 0.15) is 0 Å². The highest BCUT2D eigenvalue weighted by molar-refractivity contribution is 4.91. The van der Waals surface area contributed by atoms with Gasteiger partial charge in [-0.15, -0.1) is 0 Å². The standard InChI is InChI=1S/C13H25NO2/c1-12(2)4-6-13(15,7-5-12)10-14-11-3-8-16-9-11/h11,14-15H,3-10H2,1-2H3. The van der Waals surface area contributed by atoms with E-state index in [0.717, 1.165) is 51.9 Å². The molecule has 94 valence electrons. The largest absolute Gasteiger partial charge is 0.389 e. The summed E-state index contributed by atoms with van der Waals surface area (Å²) in [6, 6.07) is 0.457. The zero-order valence-electron chi connectivity index (χ0n) is 10.6. The molecule has 1 aliphatic carbocycles. The van der Waals surface area contributed by atoms with Crippen molar-refractivity contribution in [1.29, 1.82) is 0 Å². The first-order chi connectivity index (χ1) is 7.49. The molecular formula is C13H25NO2. The molecule has 2 aliphatic rings. The Labute approximate surface area is 98.6 Å². The molecule has 0 amide bonds. The molecule has 0 aromatic rings. The van der Waals surface area contributed by atoms with Crippen molar-refractivity contribution in [2.45, 2.75) is 57.6 Å². The molecule has 16 heavy (non-hydrogen) atoms. The van der Waals surface area contributed by atoms with Crippen LogP contribution in [0.5, 0.6) is 0 Å². The van der Waals surface area contributed by atoms with Crippen LogP contribution in [0.25, 0.3) is 0 Å². The van der Waals surface area contributed by atoms with Crippen LogP contribution in [0.4, 0.5) is 0 Å². The van der Waals surface area contributed by atoms with Gasteiger partial charge in [-0.25, -0.2) is 0 Å². The summed E-state index contributed by atoms with van der Waals surface area (Å²) in [5.41, 5.74) is -0.0548. The average molecular weight is 227 g/mol. The van der Waals surface area contributed by atoms with Crippen LogP contribution in [0.2, 0.25) is 0 Å². The van der Waals surface area contributed by atoms with E-state index in [1.54, 1.807) is 0 Å². The summed E-state index contributed by atoms with van der Waals surface area (Å²) < 4.78 is 5.32. The van der Waals surface area contributed by atoms with E-state index in [0.29, 0.717) is 11.5 Å². The number of hydrogen-bond donors (Lipinski definition) is 2. The third-order valence-electron chi connectivity index (χ3n) is 4.18. The van der Waals surface area contributed by atoms with E-state index < -0.39 is 5.60 Å². The predicted octanol–water partition coefficient (Wildman–Crippen LogP) is 1.70. The van der Waals surface area contributed by atoms with Crippen LogP contribution >= 0.6 is 0 Å². The van der Waals surface area contributed by atoms with Crippen molar-refractivity contribution in [3.63, 3.8) is 0 Å². The van der Waals surface area contributed by atoms with Gasteiger partial charge in [0.2, 0.25) is 0 Å². The van der Waals surface area contributed by atoms with E-state index in [1.165, 1.54) is 0 Å². The van der Waals surface area contributed by atoms with Gasteiger partial charge < -0.3 is 15.2 Å². The van der Waals surface area contributed by atoms with Crippen molar-refractivity contribution in [2.75, 3.05) is 19.8 Å². The van der Waals surface area contributed by atoms with Crippen molar-refractivity contribution >= 4 is 0 Å². The van der Waals surface area contributed by atoms with E-state index in [1.807, 2.05) is 0 Å². The Morgan fingerprint density at radius 1 is 1.25 bits per heavy atom. The maximum Gasteiger partial charge on any atom is 0.0772 e. The minimum Gasteiger partial charge on any atom is -0.389 e. The van der Waals surface area contributed by atoms with Crippen LogP contribution in [0, 0.1) is 5.41 Å². The summed E-state index contributed by atoms with van der Waals surface area (Å²) in [5, 5.41) is 13.9. The maximum atomic E-state index is 10.5. The summed E-state index contributed by atoms with van der Waals surface area (Å²) >= 11 is 0. The highest BCUT2D eigenvalue weighted by Crippen LogP contribution is 2.39. The van der Waals surface area contributed by atoms with Gasteiger partial charge in [-0.3, -0.25) is 0 Å². The number of rotatable bonds is 3. The van der Waals surface area contributed by atoms with Crippen LogP contribution in [-0.4, -0.2) is 36.5 Å². The first kappa shape index (κ1) is 12.3. The molecule has 1 saturated heterocycles. The Kier molecular flexibility index (Phi) is 3.57. The molecule has 2 fully saturated rings. The second-order valence-corrected chi connectivity index (χ2v) is 6.33. The second kappa shape index (κ2) is 4.63. The van der Waals surface area contributed by atoms with E-state index in [4.69, 9.17) is 4.74 Å². The SMILES string of the molecule is CC1(C)CCC(O)(CNC2CCOC2)CC1. The van der Waals surface area contributed by atoms with Crippen LogP contribution < -0.4 is 5.32 Å². The fraction of sp³-hybridized carbons (Fsp3) is 1.00. The Balaban J connectivity index is 1.75. The van der Waals surface area contributed by atoms with Crippen LogP contribution in [0.3, 0.4) is 0 Å². The summed E-state index contributed by atoms with van der Waals surface area (Å²) in [7, 11) is 0. The van der Waals surface area contributed by atoms with Gasteiger partial charge in [-0.05, 0) is 37.5 Å². The fourth-order valence-electron chi connectivity index (χ4n) is 2.60. The Morgan fingerprint density at radius 3 is 2.50 bits per heavy atom. The minimum absolute atomic E-state index is 0.419. The predicted molar refractivity (Wildman–Crippen MR) is 64.4 cm³/mol. The highest BCUT2D eigenvalue weighted by Gasteiger charge is 2.36. The molecular weight excluding hydrogens is 202 g/mol. The Hall–Kier alpha value is -0.120. The summed E-state index contributed by atoms with van der Waals surface area (Å²) in [6.45, 7) is 7.00. The van der Waals surface area contributed by atoms with Gasteiger partial charge in [0, 0.05) is 19.2 Å². The third-order valence-corrected chi connectivity index (χ3v) is 4.18. The van der Waals surface area contributed by atoms with Crippen LogP contribution in [0.1, 0.15) is 46.0 Å². The lowest BCUT2D eigenvalue weighted by molar-refractivity contribution is -0.0261. The molecule has 0 aromatic heterocycles. The average Bonchev–Trinajstić information content (AvgIpc) is 2.74. The molecule has 1 atom stereocenters. The fourth-order valence-corrected chi connectivity index (χ4v) is 2.60. The molecule has 0 aromatic carbocycles. The van der Waals surface area contributed by atoms with Gasteiger partial charge in [0.15, 0.2) is 0 Å². The van der Waals surface area contributed by atoms with Gasteiger partial charge >= 0.3 is 0 Å². The zero-order valence-corrected chi connectivity index (χ0v) is 10.6. The Morgan fingerprint density at radius 2 is 1.94 bits per heavy atom. The van der Waals surface area contributed by atoms with Crippen molar-refractivity contribution in [3.05, 3.63) is 0 Å². The first-order valence-corrected chi connectivity index (χ1v) is 6.53. The van der Waals surface area contributed by atoms with Crippen LogP contribution in [-0.2, 0) is 4.74 Å². The number of aliphatic hydroxyl groups is 1. The van der Waals surface area contributed by atoms with Gasteiger partial charge in [-0.2, -0.15) is 0 Å². The topological polar surface area (TPSA) is 41.5 Å². The maximum absolute atomic E-state index is 10.5. The number of nitrogens with one attached hydrogen (secondary N) is 1. The molecule has 0 spiro atoms. The molecule has 0 bridgehead atoms. The van der Waals surface area contributed by atoms with Gasteiger partial charge in [-0.1, -0.05) is 13.8 Å². The molecule has 0 radical (unpaired) electrons. The number of hydrogen-bond acceptors (Lipinski definition) is 3. The summed E-state index contributed by atoms with van der Waals surface area (Å²) in [5.74, 6) is 0. The van der Waals surface area contributed by atoms with E-state index in [9.17, 15) is 5.11 Å². The van der Waals surface area contributed by atoms with Crippen molar-refractivity contribution in [3.8, 4) is 0 Å². The lowest BCUT2D eigenvalue weighted by Gasteiger charge is -2.40. The third kappa shape index (κ3) is 3.19. The monoisotopic (exact) mass is 227 g/mol. The van der Waals surface area contributed by atoms with E-state index in [2.05, 4.69) is 19.2 Å². The van der Waals surface area contributed by atoms with Crippen molar-refractivity contribution in [1.82, 2.24) is 5.32 Å². The van der Waals surface area contributed by atoms with Gasteiger partial charge in [0.25, 0.3) is 0 Å². The lowest BCUT2D eigenvalue weighted by atomic mass is 9.71. The quantitative estimate of drug-likeness (QED) is 0.771. The molecule has 1 aliphatic heterocycles. The molecule has 1 unspecified atom stereocenters. The molecule has 1 saturated carbocycles. The molecule has 1 heterocycles. The Bertz CT molecular complexity index is 224. The number of ether oxygens (including phenoxy) is 1. The van der Waals surface area contributed by atoms with Crippen LogP contribution in [0.15, 0.2) is 0 Å². The second-order valence-electron chi connectivity index (χ2n) is 6.33. The lowest BCUT2D eigenvalue weighted by Crippen LogP contribution is -2.47. The van der Waals surface area contributed by atoms with Crippen molar-refractivity contribution in [2.24, 2.45) is 5.41 Å². The highest BCUT2D eigenvalue weighted by atomic mass is 16.5. The molecule has 3 nitrogen and oxygen atoms in total. The summed E-state index contributed by atoms with van der Waals surface area (Å²) in [4.78, 5) is 0. The van der Waals surface area contributed by atoms with Gasteiger partial charge in [0.05, 0.1) is 12.2 Å². The molecule has 2 rings (SSSR count). The minimum atomic E-state index is -0.474. The smallest absolute Gasteiger partial charge is 0.0772 e. The molecule has 2 N–H and O–H groups in total. The summed E-state index contributed by atoms with van der Waals surface area (Å²) in [6.07, 6.45) is 5.21. The first-order valence-electron chi connectivity index (χ1n) is 6.53. The molecule has 3 heteroatoms. The zero-order chi connectivity index (χ0) is 11.6. The van der Waals surface area contributed by atoms with E-state index in [-0.39, 0.29) is 0 Å². The van der Waals surface area contributed by atoms with E-state index >= 15 is 0 Å².